The highest BCUT2D eigenvalue weighted by Crippen LogP contribution is 2.50. The average molecular weight is 912 g/mol. The van der Waals surface area contributed by atoms with Gasteiger partial charge in [0.1, 0.15) is 0 Å². The Bertz CT molecular complexity index is 1890. The maximum Gasteiger partial charge on any atom is 0.246 e. The van der Waals surface area contributed by atoms with Crippen molar-refractivity contribution in [3.8, 4) is 22.3 Å². The predicted molar refractivity (Wildman–Crippen MR) is 216 cm³/mol. The second kappa shape index (κ2) is 17.7. The third kappa shape index (κ3) is 8.91. The maximum atomic E-state index is 13.1. The standard InChI is InChI=1S/C38H30Br2Cl4N2O4S/c39-29-7-3-1-5-23(29)27-21-31(37(43)35(41)25(27)9-11-33(47)45-13-17-49-18-14-45)51-32-22-28(24-6-2-4-8-30(24)40)26(36(42)38(32)44)10-12-34(48)46-15-19-50-20-16-46/h1-12,21-22H,13-20H2. The lowest BCUT2D eigenvalue weighted by Gasteiger charge is -2.25. The Kier molecular flexibility index (Phi) is 13.3. The molecule has 6 nitrogen and oxygen atoms in total. The number of benzene rings is 4. The molecule has 2 aliphatic rings. The quantitative estimate of drug-likeness (QED) is 0.165. The SMILES string of the molecule is O=C(C=Cc1c(-c2ccccc2Br)cc(Sc2cc(-c3ccccc3Br)c(C=CC(=O)N3CCOCC3)c(Cl)c2Cl)c(Cl)c1Cl)N1CCOCC1. The molecule has 4 aromatic carbocycles. The number of amides is 2. The Morgan fingerprint density at radius 3 is 1.33 bits per heavy atom. The van der Waals surface area contributed by atoms with Gasteiger partial charge in [-0.15, -0.1) is 0 Å². The van der Waals surface area contributed by atoms with E-state index in [0.29, 0.717) is 83.6 Å². The first-order chi connectivity index (χ1) is 24.6. The van der Waals surface area contributed by atoms with Gasteiger partial charge in [-0.2, -0.15) is 0 Å². The average Bonchev–Trinajstić information content (AvgIpc) is 3.15. The zero-order chi connectivity index (χ0) is 36.1. The van der Waals surface area contributed by atoms with Gasteiger partial charge in [0, 0.05) is 68.2 Å². The smallest absolute Gasteiger partial charge is 0.246 e. The molecule has 13 heteroatoms. The molecule has 2 saturated heterocycles. The summed E-state index contributed by atoms with van der Waals surface area (Å²) < 4.78 is 12.5. The van der Waals surface area contributed by atoms with Crippen molar-refractivity contribution < 1.29 is 19.1 Å². The van der Waals surface area contributed by atoms with Crippen LogP contribution >= 0.6 is 90.0 Å². The Balaban J connectivity index is 1.43. The summed E-state index contributed by atoms with van der Waals surface area (Å²) >= 11 is 36.8. The highest BCUT2D eigenvalue weighted by atomic mass is 79.9. The number of morpholine rings is 2. The summed E-state index contributed by atoms with van der Waals surface area (Å²) in [6.07, 6.45) is 6.46. The molecule has 2 heterocycles. The molecular formula is C38H30Br2Cl4N2O4S. The first kappa shape index (κ1) is 38.4. The topological polar surface area (TPSA) is 59.1 Å². The number of carbonyl (C=O) groups is 2. The highest BCUT2D eigenvalue weighted by Gasteiger charge is 2.23. The number of hydrogen-bond donors (Lipinski definition) is 0. The van der Waals surface area contributed by atoms with Crippen molar-refractivity contribution >= 4 is 114 Å². The lowest BCUT2D eigenvalue weighted by atomic mass is 9.99. The monoisotopic (exact) mass is 908 g/mol. The van der Waals surface area contributed by atoms with Crippen molar-refractivity contribution in [2.24, 2.45) is 0 Å². The second-order valence-corrected chi connectivity index (χ2v) is 15.8. The van der Waals surface area contributed by atoms with Crippen molar-refractivity contribution in [2.75, 3.05) is 52.6 Å². The first-order valence-electron chi connectivity index (χ1n) is 15.9. The van der Waals surface area contributed by atoms with Gasteiger partial charge in [0.2, 0.25) is 11.8 Å². The van der Waals surface area contributed by atoms with Gasteiger partial charge in [-0.1, -0.05) is 126 Å². The van der Waals surface area contributed by atoms with Crippen LogP contribution in [0.5, 0.6) is 0 Å². The molecule has 0 bridgehead atoms. The second-order valence-electron chi connectivity index (χ2n) is 11.5. The summed E-state index contributed by atoms with van der Waals surface area (Å²) in [6.45, 7) is 4.09. The fourth-order valence-electron chi connectivity index (χ4n) is 5.72. The molecule has 0 N–H and O–H groups in total. The van der Waals surface area contributed by atoms with Crippen LogP contribution in [0.4, 0.5) is 0 Å². The van der Waals surface area contributed by atoms with Crippen LogP contribution in [0.15, 0.2) is 91.6 Å². The number of carbonyl (C=O) groups excluding carboxylic acids is 2. The molecule has 0 spiro atoms. The summed E-state index contributed by atoms with van der Waals surface area (Å²) in [5, 5.41) is 1.16. The van der Waals surface area contributed by atoms with Gasteiger partial charge in [0.25, 0.3) is 0 Å². The number of halogens is 6. The molecule has 6 rings (SSSR count). The van der Waals surface area contributed by atoms with E-state index < -0.39 is 0 Å². The van der Waals surface area contributed by atoms with Crippen LogP contribution in [0.25, 0.3) is 34.4 Å². The minimum absolute atomic E-state index is 0.135. The third-order valence-corrected chi connectivity index (χ3v) is 12.9. The number of hydrogen-bond acceptors (Lipinski definition) is 5. The van der Waals surface area contributed by atoms with Crippen LogP contribution in [0.3, 0.4) is 0 Å². The van der Waals surface area contributed by atoms with Crippen LogP contribution in [-0.2, 0) is 19.1 Å². The van der Waals surface area contributed by atoms with Gasteiger partial charge < -0.3 is 19.3 Å². The Hall–Kier alpha value is -2.31. The summed E-state index contributed by atoms with van der Waals surface area (Å²) in [5.74, 6) is -0.271. The van der Waals surface area contributed by atoms with Crippen LogP contribution in [0.2, 0.25) is 20.1 Å². The fraction of sp³-hybridized carbons (Fsp3) is 0.211. The van der Waals surface area contributed by atoms with E-state index in [0.717, 1.165) is 31.2 Å². The fourth-order valence-corrected chi connectivity index (χ4v) is 8.88. The van der Waals surface area contributed by atoms with Crippen molar-refractivity contribution in [1.29, 1.82) is 0 Å². The van der Waals surface area contributed by atoms with Gasteiger partial charge in [0.05, 0.1) is 46.5 Å². The summed E-state index contributed by atoms with van der Waals surface area (Å²) in [5.41, 5.74) is 4.45. The van der Waals surface area contributed by atoms with Gasteiger partial charge in [-0.25, -0.2) is 0 Å². The molecule has 0 aromatic heterocycles. The number of nitrogens with zero attached hydrogens (tertiary/aromatic N) is 2. The van der Waals surface area contributed by atoms with E-state index in [1.54, 1.807) is 22.0 Å². The van der Waals surface area contributed by atoms with Crippen LogP contribution in [-0.4, -0.2) is 74.2 Å². The summed E-state index contributed by atoms with van der Waals surface area (Å²) in [6, 6.07) is 19.4. The van der Waals surface area contributed by atoms with E-state index >= 15 is 0 Å². The normalized spacial score (nSPS) is 15.3. The summed E-state index contributed by atoms with van der Waals surface area (Å²) in [7, 11) is 0. The molecule has 2 fully saturated rings. The van der Waals surface area contributed by atoms with Crippen molar-refractivity contribution in [3.63, 3.8) is 0 Å². The molecule has 0 unspecified atom stereocenters. The minimum atomic E-state index is -0.135. The van der Waals surface area contributed by atoms with E-state index in [-0.39, 0.29) is 21.9 Å². The molecule has 0 radical (unpaired) electrons. The molecular weight excluding hydrogens is 882 g/mol. The maximum absolute atomic E-state index is 13.1. The van der Waals surface area contributed by atoms with Crippen molar-refractivity contribution in [3.05, 3.63) is 113 Å². The van der Waals surface area contributed by atoms with E-state index in [1.807, 2.05) is 60.7 Å². The molecule has 51 heavy (non-hydrogen) atoms. The molecule has 2 amide bonds. The molecule has 4 aromatic rings. The molecule has 0 saturated carbocycles. The van der Waals surface area contributed by atoms with Gasteiger partial charge in [-0.05, 0) is 58.7 Å². The Labute approximate surface area is 337 Å². The molecule has 0 aliphatic carbocycles. The van der Waals surface area contributed by atoms with Crippen LogP contribution < -0.4 is 0 Å². The van der Waals surface area contributed by atoms with Crippen LogP contribution in [0.1, 0.15) is 11.1 Å². The van der Waals surface area contributed by atoms with Gasteiger partial charge >= 0.3 is 0 Å². The summed E-state index contributed by atoms with van der Waals surface area (Å²) in [4.78, 5) is 30.9. The highest BCUT2D eigenvalue weighted by molar-refractivity contribution is 9.11. The molecule has 264 valence electrons. The van der Waals surface area contributed by atoms with Crippen molar-refractivity contribution in [1.82, 2.24) is 9.80 Å². The third-order valence-electron chi connectivity index (χ3n) is 8.40. The number of ether oxygens (including phenoxy) is 2. The Morgan fingerprint density at radius 1 is 0.588 bits per heavy atom. The molecule has 2 aliphatic heterocycles. The lowest BCUT2D eigenvalue weighted by molar-refractivity contribution is -0.130. The van der Waals surface area contributed by atoms with Crippen molar-refractivity contribution in [2.45, 2.75) is 9.79 Å². The van der Waals surface area contributed by atoms with Crippen LogP contribution in [0, 0.1) is 0 Å². The van der Waals surface area contributed by atoms with Gasteiger partial charge in [0.15, 0.2) is 0 Å². The van der Waals surface area contributed by atoms with E-state index in [9.17, 15) is 9.59 Å². The van der Waals surface area contributed by atoms with E-state index in [4.69, 9.17) is 55.9 Å². The Morgan fingerprint density at radius 2 is 0.961 bits per heavy atom. The van der Waals surface area contributed by atoms with Gasteiger partial charge in [-0.3, -0.25) is 9.59 Å². The zero-order valence-electron chi connectivity index (χ0n) is 26.9. The zero-order valence-corrected chi connectivity index (χ0v) is 34.0. The van der Waals surface area contributed by atoms with E-state index in [2.05, 4.69) is 31.9 Å². The number of rotatable bonds is 8. The largest absolute Gasteiger partial charge is 0.378 e. The predicted octanol–water partition coefficient (Wildman–Crippen LogP) is 11.1. The molecule has 0 atom stereocenters. The first-order valence-corrected chi connectivity index (χ1v) is 19.9. The van der Waals surface area contributed by atoms with E-state index in [1.165, 1.54) is 23.9 Å². The lowest BCUT2D eigenvalue weighted by Crippen LogP contribution is -2.39. The minimum Gasteiger partial charge on any atom is -0.378 e.